The second-order valence-corrected chi connectivity index (χ2v) is 26.1. The number of nitrogens with one attached hydrogen (secondary N) is 2. The van der Waals surface area contributed by atoms with Gasteiger partial charge in [0.1, 0.15) is 47.9 Å². The standard InChI is InChI=1S/C34H54N11O24P5S2/c1-17-21(6-9-63-72(57,58)68-71(54,55)56)76-32(44(17)12-19-11-39-18(2)43-27(19)35)33(50)75-10-8-37-22(46)5-7-38-30(49)26(48)34(3,4)14-65-74(61,62)69-73(59,60)64-13-20-25(67-70(51,52)53)24(47)31(66-20)45-16-42-23-28(36)40-15-41-29(23)45/h11,15-16,20,24-26,31,33,47-48,50H,5-10,12-14H2,1-4H3,(H12-,35,36,37,38,39,40,41,43,46,49,51,52,53,54,55,56,57,58,59,60,61,62)/p+1/t20-,24-,25-,26+,31-,33-/m1/s1. The Balaban J connectivity index is 1.07. The van der Waals surface area contributed by atoms with Crippen molar-refractivity contribution in [3.8, 4) is 0 Å². The molecule has 4 aromatic heterocycles. The van der Waals surface area contributed by atoms with Crippen LogP contribution in [0.25, 0.3) is 11.2 Å². The Kier molecular flexibility index (Phi) is 21.6. The van der Waals surface area contributed by atoms with Gasteiger partial charge in [-0.05, 0) is 6.92 Å². The third-order valence-electron chi connectivity index (χ3n) is 10.4. The Morgan fingerprint density at radius 1 is 0.908 bits per heavy atom. The van der Waals surface area contributed by atoms with Crippen molar-refractivity contribution in [1.82, 2.24) is 40.1 Å². The first-order valence-corrected chi connectivity index (χ1v) is 31.0. The van der Waals surface area contributed by atoms with E-state index in [9.17, 15) is 72.2 Å². The molecule has 76 heavy (non-hydrogen) atoms. The molecule has 35 nitrogen and oxygen atoms in total. The highest BCUT2D eigenvalue weighted by Gasteiger charge is 2.50. The van der Waals surface area contributed by atoms with Gasteiger partial charge in [0.15, 0.2) is 35.4 Å². The average Bonchev–Trinajstić information content (AvgIpc) is 3.95. The lowest BCUT2D eigenvalue weighted by molar-refractivity contribution is -0.698. The smallest absolute Gasteiger partial charge is 0.386 e. The fraction of sp³-hybridized carbons (Fsp3) is 0.588. The summed E-state index contributed by atoms with van der Waals surface area (Å²) in [4.78, 5) is 113. The predicted molar refractivity (Wildman–Crippen MR) is 259 cm³/mol. The molecule has 3 unspecified atom stereocenters. The Morgan fingerprint density at radius 2 is 1.58 bits per heavy atom. The molecule has 0 radical (unpaired) electrons. The third kappa shape index (κ3) is 18.3. The van der Waals surface area contributed by atoms with E-state index in [4.69, 9.17) is 39.6 Å². The molecule has 0 aliphatic carbocycles. The fourth-order valence-corrected chi connectivity index (χ4v) is 13.4. The van der Waals surface area contributed by atoms with Gasteiger partial charge in [-0.25, -0.2) is 47.7 Å². The highest BCUT2D eigenvalue weighted by atomic mass is 32.2. The molecule has 1 saturated heterocycles. The van der Waals surface area contributed by atoms with Crippen molar-refractivity contribution in [1.29, 1.82) is 0 Å². The first kappa shape index (κ1) is 63.5. The molecule has 1 aliphatic heterocycles. The summed E-state index contributed by atoms with van der Waals surface area (Å²) in [5.41, 5.74) is 10.1. The van der Waals surface area contributed by atoms with Gasteiger partial charge >= 0.3 is 39.1 Å². The maximum Gasteiger partial charge on any atom is 0.481 e. The van der Waals surface area contributed by atoms with Crippen LogP contribution in [0.5, 0.6) is 0 Å². The summed E-state index contributed by atoms with van der Waals surface area (Å²) in [6.07, 6.45) is -5.89. The normalized spacial score (nSPS) is 20.7. The van der Waals surface area contributed by atoms with Crippen LogP contribution in [0.3, 0.4) is 0 Å². The number of aliphatic hydroxyl groups is 3. The van der Waals surface area contributed by atoms with E-state index in [1.807, 2.05) is 0 Å². The average molecular weight is 1220 g/mol. The summed E-state index contributed by atoms with van der Waals surface area (Å²) in [7, 11) is -27.1. The number of aromatic nitrogens is 7. The van der Waals surface area contributed by atoms with Crippen LogP contribution in [0.1, 0.15) is 58.9 Å². The Labute approximate surface area is 438 Å². The quantitative estimate of drug-likeness (QED) is 0.0134. The number of phosphoric ester groups is 4. The number of hydrogen-bond donors (Lipinski definition) is 14. The minimum Gasteiger partial charge on any atom is -0.386 e. The molecule has 4 aromatic rings. The second kappa shape index (κ2) is 25.8. The zero-order chi connectivity index (χ0) is 56.8. The van der Waals surface area contributed by atoms with Crippen LogP contribution >= 0.6 is 62.2 Å². The number of thioether (sulfide) groups is 1. The molecule has 1 fully saturated rings. The number of fused-ring (bicyclic) bond motifs is 1. The SMILES string of the molecule is Cc1ncc(C[n+]2c([C@H](O)SCCNC(=O)CCNC(=O)[C@H](O)C(C)(C)COP(=O)(O)OP(=O)(O)OC[C@H]3O[C@@H](n4cnc5c(N)ncnc54)[C@H](O)[C@@H]3OP(=O)(O)O)sc(CCOP(=O)(O)OP(=O)(O)O)c2C)c(N)n1. The van der Waals surface area contributed by atoms with E-state index in [1.54, 1.807) is 18.4 Å². The first-order chi connectivity index (χ1) is 35.1. The number of nitrogens with zero attached hydrogens (tertiary/aromatic N) is 7. The number of nitrogen functional groups attached to an aromatic ring is 2. The van der Waals surface area contributed by atoms with Crippen LogP contribution in [0.4, 0.5) is 11.6 Å². The number of hydrogen-bond acceptors (Lipinski definition) is 26. The molecule has 2 amide bonds. The van der Waals surface area contributed by atoms with Crippen LogP contribution in [0.2, 0.25) is 0 Å². The van der Waals surface area contributed by atoms with Gasteiger partial charge < -0.3 is 76.4 Å². The summed E-state index contributed by atoms with van der Waals surface area (Å²) in [5, 5.41) is 38.3. The maximum atomic E-state index is 12.8. The van der Waals surface area contributed by atoms with Gasteiger partial charge in [-0.1, -0.05) is 25.2 Å². The van der Waals surface area contributed by atoms with E-state index in [1.165, 1.54) is 20.0 Å². The summed E-state index contributed by atoms with van der Waals surface area (Å²) >= 11 is 2.10. The minimum absolute atomic E-state index is 0.00320. The molecule has 0 spiro atoms. The van der Waals surface area contributed by atoms with Gasteiger partial charge in [0.2, 0.25) is 11.8 Å². The number of carbonyl (C=O) groups excluding carboxylic acids is 2. The Hall–Kier alpha value is -3.38. The van der Waals surface area contributed by atoms with Crippen LogP contribution in [0.15, 0.2) is 18.9 Å². The number of nitrogens with two attached hydrogens (primary N) is 2. The van der Waals surface area contributed by atoms with Gasteiger partial charge in [0.25, 0.3) is 5.01 Å². The Morgan fingerprint density at radius 3 is 2.24 bits per heavy atom. The van der Waals surface area contributed by atoms with Gasteiger partial charge in [-0.2, -0.15) is 13.2 Å². The van der Waals surface area contributed by atoms with Crippen LogP contribution < -0.4 is 26.7 Å². The number of ether oxygens (including phenoxy) is 1. The van der Waals surface area contributed by atoms with Gasteiger partial charge in [-0.15, -0.1) is 11.8 Å². The third-order valence-corrected chi connectivity index (χ3v) is 18.2. The van der Waals surface area contributed by atoms with Crippen molar-refractivity contribution < 1.29 is 118 Å². The van der Waals surface area contributed by atoms with Crippen molar-refractivity contribution in [2.75, 3.05) is 50.1 Å². The molecule has 1 aliphatic rings. The van der Waals surface area contributed by atoms with E-state index >= 15 is 0 Å². The van der Waals surface area contributed by atoms with Crippen LogP contribution in [-0.4, -0.2) is 154 Å². The highest BCUT2D eigenvalue weighted by molar-refractivity contribution is 7.99. The molecule has 5 rings (SSSR count). The number of imidazole rings is 1. The van der Waals surface area contributed by atoms with Crippen LogP contribution in [0, 0.1) is 19.3 Å². The van der Waals surface area contributed by atoms with E-state index < -0.39 is 112 Å². The zero-order valence-electron chi connectivity index (χ0n) is 40.1. The number of anilines is 2. The number of aliphatic hydroxyl groups excluding tert-OH is 3. The molecular formula is C34H55N11O24P5S2+. The fourth-order valence-electron chi connectivity index (χ4n) is 6.77. The molecule has 426 valence electrons. The molecule has 42 heteroatoms. The molecule has 0 aromatic carbocycles. The van der Waals surface area contributed by atoms with Crippen molar-refractivity contribution >= 4 is 96.8 Å². The van der Waals surface area contributed by atoms with Crippen molar-refractivity contribution in [3.05, 3.63) is 45.8 Å². The number of rotatable bonds is 29. The van der Waals surface area contributed by atoms with E-state index in [-0.39, 0.29) is 61.0 Å². The highest BCUT2D eigenvalue weighted by Crippen LogP contribution is 2.61. The van der Waals surface area contributed by atoms with Crippen molar-refractivity contribution in [2.24, 2.45) is 5.41 Å². The van der Waals surface area contributed by atoms with Crippen LogP contribution in [-0.2, 0) is 76.8 Å². The number of aryl methyl sites for hydroxylation is 1. The zero-order valence-corrected chi connectivity index (χ0v) is 46.2. The molecule has 0 bridgehead atoms. The number of thiazole rings is 1. The summed E-state index contributed by atoms with van der Waals surface area (Å²) in [6, 6.07) is 0. The number of carbonyl (C=O) groups is 2. The van der Waals surface area contributed by atoms with Crippen molar-refractivity contribution in [2.45, 2.75) is 83.2 Å². The van der Waals surface area contributed by atoms with Gasteiger partial charge in [-0.3, -0.25) is 32.3 Å². The summed E-state index contributed by atoms with van der Waals surface area (Å²) in [5.74, 6) is -0.950. The lowest BCUT2D eigenvalue weighted by Gasteiger charge is -2.30. The lowest BCUT2D eigenvalue weighted by Crippen LogP contribution is -2.46. The number of phosphoric acid groups is 5. The van der Waals surface area contributed by atoms with E-state index in [0.29, 0.717) is 27.0 Å². The predicted octanol–water partition coefficient (Wildman–Crippen LogP) is -1.02. The monoisotopic (exact) mass is 1220 g/mol. The minimum atomic E-state index is -5.64. The number of amides is 2. The molecule has 5 heterocycles. The largest absolute Gasteiger partial charge is 0.481 e. The van der Waals surface area contributed by atoms with Gasteiger partial charge in [0.05, 0.1) is 36.6 Å². The second-order valence-electron chi connectivity index (χ2n) is 16.8. The molecule has 0 saturated carbocycles. The topological polar surface area (TPSA) is 536 Å². The summed E-state index contributed by atoms with van der Waals surface area (Å²) < 4.78 is 95.8. The Bertz CT molecular complexity index is 2960. The molecular weight excluding hydrogens is 1170 g/mol. The first-order valence-electron chi connectivity index (χ1n) is 21.6. The lowest BCUT2D eigenvalue weighted by atomic mass is 9.87. The van der Waals surface area contributed by atoms with E-state index in [2.05, 4.69) is 48.7 Å². The van der Waals surface area contributed by atoms with Crippen molar-refractivity contribution in [3.63, 3.8) is 0 Å². The van der Waals surface area contributed by atoms with Gasteiger partial charge in [0, 0.05) is 50.2 Å². The molecule has 9 atom stereocenters. The van der Waals surface area contributed by atoms with E-state index in [0.717, 1.165) is 40.3 Å². The maximum absolute atomic E-state index is 12.8. The molecule has 16 N–H and O–H groups in total. The summed E-state index contributed by atoms with van der Waals surface area (Å²) in [6.45, 7) is 2.90.